The quantitative estimate of drug-likeness (QED) is 0.518. The highest BCUT2D eigenvalue weighted by Gasteiger charge is 2.13. The molecule has 0 saturated heterocycles. The van der Waals surface area contributed by atoms with Crippen molar-refractivity contribution < 1.29 is 9.53 Å². The van der Waals surface area contributed by atoms with Gasteiger partial charge in [-0.25, -0.2) is 4.79 Å². The summed E-state index contributed by atoms with van der Waals surface area (Å²) in [6.07, 6.45) is 1.67. The van der Waals surface area contributed by atoms with Crippen LogP contribution in [0, 0.1) is 0 Å². The number of carbonyl (C=O) groups excluding carboxylic acids is 1. The summed E-state index contributed by atoms with van der Waals surface area (Å²) in [5.41, 5.74) is 3.40. The molecule has 148 valence electrons. The topological polar surface area (TPSA) is 41.6 Å². The minimum absolute atomic E-state index is 0.128. The molecule has 0 atom stereocenters. The molecule has 0 radical (unpaired) electrons. The van der Waals surface area contributed by atoms with Crippen LogP contribution in [-0.4, -0.2) is 30.6 Å². The van der Waals surface area contributed by atoms with Crippen LogP contribution in [0.2, 0.25) is 0 Å². The highest BCUT2D eigenvalue weighted by atomic mass is 16.5. The van der Waals surface area contributed by atoms with Crippen LogP contribution in [0.25, 0.3) is 11.1 Å². The molecule has 0 heterocycles. The van der Waals surface area contributed by atoms with Crippen molar-refractivity contribution in [1.29, 1.82) is 0 Å². The van der Waals surface area contributed by atoms with Gasteiger partial charge in [0, 0.05) is 13.1 Å². The number of rotatable bonds is 9. The molecule has 0 unspecified atom stereocenters. The molecule has 4 heteroatoms. The fourth-order valence-corrected chi connectivity index (χ4v) is 2.98. The summed E-state index contributed by atoms with van der Waals surface area (Å²) in [5, 5.41) is 2.84. The van der Waals surface area contributed by atoms with E-state index in [1.165, 1.54) is 5.56 Å². The molecule has 0 aliphatic carbocycles. The van der Waals surface area contributed by atoms with Crippen LogP contribution in [0.4, 0.5) is 4.79 Å². The van der Waals surface area contributed by atoms with Crippen LogP contribution in [0.5, 0.6) is 5.75 Å². The van der Waals surface area contributed by atoms with Gasteiger partial charge in [0.2, 0.25) is 0 Å². The molecule has 2 amide bonds. The van der Waals surface area contributed by atoms with Crippen molar-refractivity contribution in [1.82, 2.24) is 10.2 Å². The molecule has 0 saturated carbocycles. The second kappa shape index (κ2) is 10.7. The maximum absolute atomic E-state index is 12.5. The van der Waals surface area contributed by atoms with Crippen molar-refractivity contribution >= 4 is 6.03 Å². The number of urea groups is 1. The molecular formula is C25H26N2O2. The highest BCUT2D eigenvalue weighted by Crippen LogP contribution is 2.22. The van der Waals surface area contributed by atoms with E-state index >= 15 is 0 Å². The van der Waals surface area contributed by atoms with Gasteiger partial charge in [0.05, 0.1) is 6.54 Å². The Bertz CT molecular complexity index is 893. The fraction of sp³-hybridized carbons (Fsp3) is 0.160. The molecule has 0 aromatic heterocycles. The molecule has 3 aromatic carbocycles. The van der Waals surface area contributed by atoms with Gasteiger partial charge in [-0.1, -0.05) is 78.9 Å². The second-order valence-electron chi connectivity index (χ2n) is 6.62. The average molecular weight is 386 g/mol. The average Bonchev–Trinajstić information content (AvgIpc) is 2.78. The van der Waals surface area contributed by atoms with Gasteiger partial charge in [-0.2, -0.15) is 0 Å². The Kier molecular flexibility index (Phi) is 7.47. The number of carbonyl (C=O) groups is 1. The molecule has 0 aliphatic heterocycles. The van der Waals surface area contributed by atoms with E-state index in [-0.39, 0.29) is 6.03 Å². The monoisotopic (exact) mass is 386 g/mol. The first-order valence-electron chi connectivity index (χ1n) is 9.72. The normalized spacial score (nSPS) is 10.2. The van der Waals surface area contributed by atoms with Crippen molar-refractivity contribution in [3.8, 4) is 16.9 Å². The first-order valence-corrected chi connectivity index (χ1v) is 9.72. The van der Waals surface area contributed by atoms with Crippen molar-refractivity contribution in [3.63, 3.8) is 0 Å². The van der Waals surface area contributed by atoms with Gasteiger partial charge in [-0.05, 0) is 28.8 Å². The zero-order valence-corrected chi connectivity index (χ0v) is 16.5. The summed E-state index contributed by atoms with van der Waals surface area (Å²) in [4.78, 5) is 14.2. The first-order chi connectivity index (χ1) is 14.3. The summed E-state index contributed by atoms with van der Waals surface area (Å²) < 4.78 is 5.88. The molecule has 3 rings (SSSR count). The van der Waals surface area contributed by atoms with Crippen molar-refractivity contribution in [2.45, 2.75) is 6.54 Å². The zero-order chi connectivity index (χ0) is 20.3. The fourth-order valence-electron chi connectivity index (χ4n) is 2.98. The molecule has 0 spiro atoms. The van der Waals surface area contributed by atoms with Gasteiger partial charge in [0.1, 0.15) is 12.4 Å². The molecule has 0 fully saturated rings. The summed E-state index contributed by atoms with van der Waals surface area (Å²) in [7, 11) is 0. The van der Waals surface area contributed by atoms with E-state index < -0.39 is 0 Å². The van der Waals surface area contributed by atoms with Crippen LogP contribution >= 0.6 is 0 Å². The van der Waals surface area contributed by atoms with Crippen molar-refractivity contribution in [2.24, 2.45) is 0 Å². The van der Waals surface area contributed by atoms with Gasteiger partial charge in [0.25, 0.3) is 0 Å². The Balaban J connectivity index is 1.57. The third-order valence-electron chi connectivity index (χ3n) is 4.49. The lowest BCUT2D eigenvalue weighted by Gasteiger charge is -2.23. The number of hydrogen-bond acceptors (Lipinski definition) is 2. The number of hydrogen-bond donors (Lipinski definition) is 1. The van der Waals surface area contributed by atoms with Gasteiger partial charge in [-0.3, -0.25) is 0 Å². The van der Waals surface area contributed by atoms with E-state index in [0.717, 1.165) is 16.9 Å². The Hall–Kier alpha value is -3.53. The third kappa shape index (κ3) is 6.25. The van der Waals surface area contributed by atoms with E-state index in [2.05, 4.69) is 24.0 Å². The van der Waals surface area contributed by atoms with E-state index in [1.54, 1.807) is 11.0 Å². The summed E-state index contributed by atoms with van der Waals surface area (Å²) in [6, 6.07) is 28.0. The van der Waals surface area contributed by atoms with E-state index in [0.29, 0.717) is 26.2 Å². The molecule has 1 N–H and O–H groups in total. The SMILES string of the molecule is C=CCNC(=O)N(CCOc1ccc(-c2ccccc2)cc1)Cc1ccccc1. The lowest BCUT2D eigenvalue weighted by molar-refractivity contribution is 0.180. The standard InChI is InChI=1S/C25H26N2O2/c1-2-17-26-25(28)27(20-21-9-5-3-6-10-21)18-19-29-24-15-13-23(14-16-24)22-11-7-4-8-12-22/h2-16H,1,17-20H2,(H,26,28). The van der Waals surface area contributed by atoms with Gasteiger partial charge in [-0.15, -0.1) is 6.58 Å². The number of nitrogens with one attached hydrogen (secondary N) is 1. The Morgan fingerprint density at radius 2 is 1.52 bits per heavy atom. The Morgan fingerprint density at radius 1 is 0.897 bits per heavy atom. The predicted molar refractivity (Wildman–Crippen MR) is 118 cm³/mol. The maximum Gasteiger partial charge on any atom is 0.318 e. The zero-order valence-electron chi connectivity index (χ0n) is 16.5. The van der Waals surface area contributed by atoms with Crippen LogP contribution in [0.3, 0.4) is 0 Å². The van der Waals surface area contributed by atoms with Gasteiger partial charge in [0.15, 0.2) is 0 Å². The predicted octanol–water partition coefficient (Wildman–Crippen LogP) is 5.13. The molecule has 3 aromatic rings. The van der Waals surface area contributed by atoms with E-state index in [4.69, 9.17) is 4.74 Å². The third-order valence-corrected chi connectivity index (χ3v) is 4.49. The highest BCUT2D eigenvalue weighted by molar-refractivity contribution is 5.74. The van der Waals surface area contributed by atoms with Crippen molar-refractivity contribution in [3.05, 3.63) is 103 Å². The summed E-state index contributed by atoms with van der Waals surface area (Å²) >= 11 is 0. The van der Waals surface area contributed by atoms with Crippen LogP contribution in [-0.2, 0) is 6.54 Å². The van der Waals surface area contributed by atoms with Crippen molar-refractivity contribution in [2.75, 3.05) is 19.7 Å². The van der Waals surface area contributed by atoms with Crippen LogP contribution in [0.1, 0.15) is 5.56 Å². The first kappa shape index (κ1) is 20.2. The van der Waals surface area contributed by atoms with E-state index in [1.807, 2.05) is 72.8 Å². The largest absolute Gasteiger partial charge is 0.492 e. The Morgan fingerprint density at radius 3 is 2.17 bits per heavy atom. The Labute approximate surface area is 172 Å². The summed E-state index contributed by atoms with van der Waals surface area (Å²) in [5.74, 6) is 0.788. The molecule has 29 heavy (non-hydrogen) atoms. The molecule has 0 bridgehead atoms. The van der Waals surface area contributed by atoms with Gasteiger partial charge >= 0.3 is 6.03 Å². The van der Waals surface area contributed by atoms with Crippen LogP contribution < -0.4 is 10.1 Å². The maximum atomic E-state index is 12.5. The molecule has 0 aliphatic rings. The van der Waals surface area contributed by atoms with Crippen LogP contribution in [0.15, 0.2) is 97.6 Å². The minimum Gasteiger partial charge on any atom is -0.492 e. The van der Waals surface area contributed by atoms with E-state index in [9.17, 15) is 4.79 Å². The number of ether oxygens (including phenoxy) is 1. The molecular weight excluding hydrogens is 360 g/mol. The lowest BCUT2D eigenvalue weighted by atomic mass is 10.1. The number of amides is 2. The second-order valence-corrected chi connectivity index (χ2v) is 6.62. The van der Waals surface area contributed by atoms with Gasteiger partial charge < -0.3 is 15.0 Å². The smallest absolute Gasteiger partial charge is 0.318 e. The lowest BCUT2D eigenvalue weighted by Crippen LogP contribution is -2.41. The number of nitrogens with zero attached hydrogens (tertiary/aromatic N) is 1. The number of benzene rings is 3. The minimum atomic E-state index is -0.128. The summed E-state index contributed by atoms with van der Waals surface area (Å²) in [6.45, 7) is 5.51. The molecule has 4 nitrogen and oxygen atoms in total.